The summed E-state index contributed by atoms with van der Waals surface area (Å²) < 4.78 is 0. The van der Waals surface area contributed by atoms with Crippen molar-refractivity contribution < 1.29 is 4.79 Å². The van der Waals surface area contributed by atoms with Crippen molar-refractivity contribution in [3.8, 4) is 0 Å². The predicted molar refractivity (Wildman–Crippen MR) is 85.8 cm³/mol. The Morgan fingerprint density at radius 3 is 2.52 bits per heavy atom. The molecule has 0 spiro atoms. The molecule has 2 N–H and O–H groups in total. The van der Waals surface area contributed by atoms with E-state index >= 15 is 0 Å². The van der Waals surface area contributed by atoms with Crippen LogP contribution in [0.3, 0.4) is 0 Å². The number of anilines is 1. The summed E-state index contributed by atoms with van der Waals surface area (Å²) in [5, 5.41) is 5.88. The number of nitrogens with one attached hydrogen (secondary N) is 2. The summed E-state index contributed by atoms with van der Waals surface area (Å²) in [6.07, 6.45) is 1.66. The molecule has 0 bridgehead atoms. The first-order valence-corrected chi connectivity index (χ1v) is 7.40. The molecular formula is C15H27N5O. The molecule has 1 heterocycles. The summed E-state index contributed by atoms with van der Waals surface area (Å²) in [4.78, 5) is 23.1. The Kier molecular flexibility index (Phi) is 6.55. The van der Waals surface area contributed by atoms with Crippen LogP contribution in [-0.2, 0) is 0 Å². The summed E-state index contributed by atoms with van der Waals surface area (Å²) in [5.41, 5.74) is 1.05. The summed E-state index contributed by atoms with van der Waals surface area (Å²) in [6, 6.07) is 0.460. The van der Waals surface area contributed by atoms with Crippen molar-refractivity contribution in [1.82, 2.24) is 20.2 Å². The Labute approximate surface area is 127 Å². The van der Waals surface area contributed by atoms with Gasteiger partial charge < -0.3 is 15.5 Å². The molecule has 0 aliphatic heterocycles. The fraction of sp³-hybridized carbons (Fsp3) is 0.667. The van der Waals surface area contributed by atoms with Crippen molar-refractivity contribution in [3.63, 3.8) is 0 Å². The Morgan fingerprint density at radius 2 is 2.00 bits per heavy atom. The number of hydrogen-bond acceptors (Lipinski definition) is 5. The van der Waals surface area contributed by atoms with Crippen molar-refractivity contribution in [1.29, 1.82) is 0 Å². The maximum Gasteiger partial charge on any atom is 0.272 e. The van der Waals surface area contributed by atoms with Crippen molar-refractivity contribution in [2.24, 2.45) is 0 Å². The number of likely N-dealkylation sites (N-methyl/N-ethyl adjacent to an activating group) is 1. The number of carbonyl (C=O) groups is 1. The second kappa shape index (κ2) is 7.93. The van der Waals surface area contributed by atoms with Gasteiger partial charge in [-0.25, -0.2) is 9.97 Å². The second-order valence-electron chi connectivity index (χ2n) is 5.73. The van der Waals surface area contributed by atoms with Crippen LogP contribution in [0.1, 0.15) is 49.9 Å². The van der Waals surface area contributed by atoms with Gasteiger partial charge in [0.1, 0.15) is 5.82 Å². The lowest BCUT2D eigenvalue weighted by molar-refractivity contribution is 0.0943. The normalized spacial score (nSPS) is 11.3. The molecule has 0 aliphatic rings. The first kappa shape index (κ1) is 17.4. The first-order chi connectivity index (χ1) is 9.86. The van der Waals surface area contributed by atoms with Gasteiger partial charge in [0.05, 0.1) is 11.9 Å². The van der Waals surface area contributed by atoms with E-state index in [1.807, 2.05) is 20.9 Å². The van der Waals surface area contributed by atoms with Crippen LogP contribution < -0.4 is 10.6 Å². The van der Waals surface area contributed by atoms with E-state index in [4.69, 9.17) is 0 Å². The Morgan fingerprint density at radius 1 is 1.33 bits per heavy atom. The van der Waals surface area contributed by atoms with E-state index in [2.05, 4.69) is 39.3 Å². The topological polar surface area (TPSA) is 70.1 Å². The van der Waals surface area contributed by atoms with Crippen LogP contribution in [0, 0.1) is 0 Å². The molecule has 1 rings (SSSR count). The van der Waals surface area contributed by atoms with Gasteiger partial charge in [-0.3, -0.25) is 4.79 Å². The lowest BCUT2D eigenvalue weighted by Crippen LogP contribution is -2.36. The SMILES string of the molecule is CNc1cnc(C(C)C)nc1C(=O)NCCN(C)C(C)C. The standard InChI is InChI=1S/C15H27N5O/c1-10(2)14-18-9-12(16-5)13(19-14)15(21)17-7-8-20(6)11(3)4/h9-11,16H,7-8H2,1-6H3,(H,17,21). The summed E-state index contributed by atoms with van der Waals surface area (Å²) in [6.45, 7) is 9.67. The molecule has 1 aromatic rings. The molecule has 6 heteroatoms. The maximum absolute atomic E-state index is 12.3. The summed E-state index contributed by atoms with van der Waals surface area (Å²) in [5.74, 6) is 0.703. The third kappa shape index (κ3) is 4.97. The van der Waals surface area contributed by atoms with Gasteiger partial charge >= 0.3 is 0 Å². The number of rotatable bonds is 7. The zero-order chi connectivity index (χ0) is 16.0. The summed E-state index contributed by atoms with van der Waals surface area (Å²) in [7, 11) is 3.80. The fourth-order valence-corrected chi connectivity index (χ4v) is 1.72. The van der Waals surface area contributed by atoms with Gasteiger partial charge in [0, 0.05) is 32.1 Å². The minimum atomic E-state index is -0.166. The van der Waals surface area contributed by atoms with E-state index in [9.17, 15) is 4.79 Å². The van der Waals surface area contributed by atoms with Crippen LogP contribution in [-0.4, -0.2) is 54.0 Å². The third-order valence-electron chi connectivity index (χ3n) is 3.44. The highest BCUT2D eigenvalue weighted by Crippen LogP contribution is 2.15. The van der Waals surface area contributed by atoms with Crippen molar-refractivity contribution in [3.05, 3.63) is 17.7 Å². The van der Waals surface area contributed by atoms with Crippen LogP contribution in [0.25, 0.3) is 0 Å². The molecule has 0 radical (unpaired) electrons. The Balaban J connectivity index is 2.74. The Bertz CT molecular complexity index is 473. The van der Waals surface area contributed by atoms with Gasteiger partial charge in [-0.05, 0) is 20.9 Å². The van der Waals surface area contributed by atoms with Crippen LogP contribution in [0.4, 0.5) is 5.69 Å². The van der Waals surface area contributed by atoms with Gasteiger partial charge in [-0.15, -0.1) is 0 Å². The second-order valence-corrected chi connectivity index (χ2v) is 5.73. The number of hydrogen-bond donors (Lipinski definition) is 2. The zero-order valence-corrected chi connectivity index (χ0v) is 13.9. The number of nitrogens with zero attached hydrogens (tertiary/aromatic N) is 3. The molecule has 0 fully saturated rings. The smallest absolute Gasteiger partial charge is 0.272 e. The van der Waals surface area contributed by atoms with Gasteiger partial charge in [0.15, 0.2) is 5.69 Å². The number of carbonyl (C=O) groups excluding carboxylic acids is 1. The van der Waals surface area contributed by atoms with Gasteiger partial charge in [-0.2, -0.15) is 0 Å². The Hall–Kier alpha value is -1.69. The number of aromatic nitrogens is 2. The molecule has 6 nitrogen and oxygen atoms in total. The molecule has 0 saturated carbocycles. The molecule has 0 saturated heterocycles. The fourth-order valence-electron chi connectivity index (χ4n) is 1.72. The molecule has 1 aromatic heterocycles. The van der Waals surface area contributed by atoms with E-state index in [1.165, 1.54) is 0 Å². The van der Waals surface area contributed by atoms with E-state index in [0.717, 1.165) is 6.54 Å². The van der Waals surface area contributed by atoms with E-state index in [-0.39, 0.29) is 11.8 Å². The third-order valence-corrected chi connectivity index (χ3v) is 3.44. The molecule has 0 atom stereocenters. The van der Waals surface area contributed by atoms with Crippen LogP contribution in [0.2, 0.25) is 0 Å². The van der Waals surface area contributed by atoms with Gasteiger partial charge in [-0.1, -0.05) is 13.8 Å². The predicted octanol–water partition coefficient (Wildman–Crippen LogP) is 1.71. The maximum atomic E-state index is 12.3. The van der Waals surface area contributed by atoms with Crippen LogP contribution in [0.5, 0.6) is 0 Å². The molecule has 0 unspecified atom stereocenters. The van der Waals surface area contributed by atoms with Gasteiger partial charge in [0.2, 0.25) is 0 Å². The van der Waals surface area contributed by atoms with Crippen molar-refractivity contribution in [2.75, 3.05) is 32.5 Å². The van der Waals surface area contributed by atoms with Crippen molar-refractivity contribution >= 4 is 11.6 Å². The summed E-state index contributed by atoms with van der Waals surface area (Å²) >= 11 is 0. The highest BCUT2D eigenvalue weighted by Gasteiger charge is 2.16. The quantitative estimate of drug-likeness (QED) is 0.801. The molecule has 0 aromatic carbocycles. The lowest BCUT2D eigenvalue weighted by atomic mass is 10.2. The lowest BCUT2D eigenvalue weighted by Gasteiger charge is -2.21. The number of amides is 1. The minimum absolute atomic E-state index is 0.166. The first-order valence-electron chi connectivity index (χ1n) is 7.40. The average Bonchev–Trinajstić information content (AvgIpc) is 2.45. The van der Waals surface area contributed by atoms with Crippen LogP contribution >= 0.6 is 0 Å². The van der Waals surface area contributed by atoms with E-state index in [0.29, 0.717) is 29.8 Å². The molecule has 0 aliphatic carbocycles. The molecule has 21 heavy (non-hydrogen) atoms. The zero-order valence-electron chi connectivity index (χ0n) is 13.9. The average molecular weight is 293 g/mol. The molecule has 1 amide bonds. The van der Waals surface area contributed by atoms with Gasteiger partial charge in [0.25, 0.3) is 5.91 Å². The largest absolute Gasteiger partial charge is 0.385 e. The van der Waals surface area contributed by atoms with E-state index in [1.54, 1.807) is 13.2 Å². The molecular weight excluding hydrogens is 266 g/mol. The van der Waals surface area contributed by atoms with Crippen LogP contribution in [0.15, 0.2) is 6.20 Å². The van der Waals surface area contributed by atoms with Crippen molar-refractivity contribution in [2.45, 2.75) is 39.7 Å². The highest BCUT2D eigenvalue weighted by atomic mass is 16.1. The minimum Gasteiger partial charge on any atom is -0.385 e. The van der Waals surface area contributed by atoms with E-state index < -0.39 is 0 Å². The highest BCUT2D eigenvalue weighted by molar-refractivity contribution is 5.97. The molecule has 118 valence electrons. The monoisotopic (exact) mass is 293 g/mol.